The van der Waals surface area contributed by atoms with Crippen molar-refractivity contribution in [3.05, 3.63) is 71.8 Å². The summed E-state index contributed by atoms with van der Waals surface area (Å²) in [6, 6.07) is 13.6. The molecule has 1 atom stereocenters. The Kier molecular flexibility index (Phi) is 6.26. The topological polar surface area (TPSA) is 83.8 Å². The third-order valence-electron chi connectivity index (χ3n) is 3.42. The summed E-state index contributed by atoms with van der Waals surface area (Å²) in [4.78, 5) is 23.8. The minimum absolute atomic E-state index is 0.0211. The molecule has 2 N–H and O–H groups in total. The highest BCUT2D eigenvalue weighted by Crippen LogP contribution is 2.26. The van der Waals surface area contributed by atoms with E-state index in [1.165, 1.54) is 37.5 Å². The molecule has 0 bridgehead atoms. The number of carbonyl (C=O) groups is 2. The molecule has 0 aromatic heterocycles. The molecule has 0 amide bonds. The predicted molar refractivity (Wildman–Crippen MR) is 95.2 cm³/mol. The highest BCUT2D eigenvalue weighted by molar-refractivity contribution is 6.15. The molecular formula is C20H18O5. The lowest BCUT2D eigenvalue weighted by molar-refractivity contribution is -0.132. The van der Waals surface area contributed by atoms with Crippen LogP contribution in [-0.2, 0) is 9.59 Å². The molecule has 2 aromatic rings. The Hall–Kier alpha value is -3.18. The molecule has 0 heterocycles. The minimum Gasteiger partial charge on any atom is -0.504 e. The van der Waals surface area contributed by atoms with Crippen molar-refractivity contribution in [2.24, 2.45) is 0 Å². The molecule has 0 aliphatic rings. The summed E-state index contributed by atoms with van der Waals surface area (Å²) in [5.41, 5.74) is 1.38. The highest BCUT2D eigenvalue weighted by Gasteiger charge is 2.18. The Morgan fingerprint density at radius 3 is 2.16 bits per heavy atom. The summed E-state index contributed by atoms with van der Waals surface area (Å²) in [5.74, 6) is -1.18. The van der Waals surface area contributed by atoms with Gasteiger partial charge in [0.15, 0.2) is 29.2 Å². The van der Waals surface area contributed by atoms with Gasteiger partial charge in [-0.3, -0.25) is 9.59 Å². The van der Waals surface area contributed by atoms with Gasteiger partial charge in [0.2, 0.25) is 0 Å². The number of hydrogen-bond donors (Lipinski definition) is 2. The summed E-state index contributed by atoms with van der Waals surface area (Å²) < 4.78 is 4.97. The molecule has 0 spiro atoms. The second-order valence-electron chi connectivity index (χ2n) is 5.22. The first kappa shape index (κ1) is 18.2. The number of aliphatic hydroxyl groups is 1. The maximum Gasteiger partial charge on any atom is 0.192 e. The fourth-order valence-corrected chi connectivity index (χ4v) is 2.04. The number of ether oxygens (including phenoxy) is 1. The lowest BCUT2D eigenvalue weighted by Gasteiger charge is -2.04. The van der Waals surface area contributed by atoms with Crippen LogP contribution in [0.5, 0.6) is 11.5 Å². The van der Waals surface area contributed by atoms with Gasteiger partial charge in [-0.25, -0.2) is 0 Å². The number of hydrogen-bond acceptors (Lipinski definition) is 5. The van der Waals surface area contributed by atoms with E-state index in [0.29, 0.717) is 5.56 Å². The zero-order valence-electron chi connectivity index (χ0n) is 13.6. The number of phenols is 1. The van der Waals surface area contributed by atoms with Gasteiger partial charge in [0, 0.05) is 0 Å². The first-order chi connectivity index (χ1) is 12.0. The first-order valence-corrected chi connectivity index (χ1v) is 7.55. The van der Waals surface area contributed by atoms with E-state index in [1.807, 2.05) is 18.2 Å². The van der Waals surface area contributed by atoms with Crippen molar-refractivity contribution in [1.29, 1.82) is 0 Å². The van der Waals surface area contributed by atoms with Gasteiger partial charge in [-0.2, -0.15) is 0 Å². The average Bonchev–Trinajstić information content (AvgIpc) is 2.65. The van der Waals surface area contributed by atoms with Gasteiger partial charge in [0.25, 0.3) is 0 Å². The molecule has 2 rings (SSSR count). The summed E-state index contributed by atoms with van der Waals surface area (Å²) in [6.45, 7) is 0. The van der Waals surface area contributed by atoms with Crippen molar-refractivity contribution in [1.82, 2.24) is 0 Å². The summed E-state index contributed by atoms with van der Waals surface area (Å²) in [7, 11) is 1.41. The van der Waals surface area contributed by atoms with E-state index in [4.69, 9.17) is 4.74 Å². The first-order valence-electron chi connectivity index (χ1n) is 7.55. The van der Waals surface area contributed by atoms with E-state index >= 15 is 0 Å². The van der Waals surface area contributed by atoms with E-state index in [9.17, 15) is 19.8 Å². The Morgan fingerprint density at radius 1 is 0.960 bits per heavy atom. The maximum atomic E-state index is 11.9. The number of carbonyl (C=O) groups excluding carboxylic acids is 2. The molecule has 0 radical (unpaired) electrons. The van der Waals surface area contributed by atoms with E-state index in [-0.39, 0.29) is 11.5 Å². The van der Waals surface area contributed by atoms with E-state index < -0.39 is 17.7 Å². The van der Waals surface area contributed by atoms with E-state index in [1.54, 1.807) is 18.2 Å². The van der Waals surface area contributed by atoms with Crippen LogP contribution in [0.3, 0.4) is 0 Å². The van der Waals surface area contributed by atoms with E-state index in [2.05, 4.69) is 0 Å². The zero-order valence-corrected chi connectivity index (χ0v) is 13.6. The van der Waals surface area contributed by atoms with Crippen molar-refractivity contribution >= 4 is 23.7 Å². The van der Waals surface area contributed by atoms with Gasteiger partial charge in [0.05, 0.1) is 7.11 Å². The van der Waals surface area contributed by atoms with Gasteiger partial charge in [-0.15, -0.1) is 0 Å². The van der Waals surface area contributed by atoms with Crippen molar-refractivity contribution in [3.8, 4) is 11.5 Å². The third kappa shape index (κ3) is 5.16. The van der Waals surface area contributed by atoms with Crippen LogP contribution in [-0.4, -0.2) is 35.0 Å². The Balaban J connectivity index is 2.02. The Bertz CT molecular complexity index is 806. The maximum absolute atomic E-state index is 11.9. The molecule has 1 unspecified atom stereocenters. The molecule has 5 heteroatoms. The quantitative estimate of drug-likeness (QED) is 0.599. The van der Waals surface area contributed by atoms with Crippen molar-refractivity contribution < 1.29 is 24.5 Å². The van der Waals surface area contributed by atoms with Crippen LogP contribution in [0.4, 0.5) is 0 Å². The number of rotatable bonds is 7. The number of ketones is 2. The lowest BCUT2D eigenvalue weighted by atomic mass is 10.1. The van der Waals surface area contributed by atoms with Gasteiger partial charge in [-0.1, -0.05) is 48.6 Å². The van der Waals surface area contributed by atoms with Gasteiger partial charge in [0.1, 0.15) is 0 Å². The van der Waals surface area contributed by atoms with Crippen molar-refractivity contribution in [3.63, 3.8) is 0 Å². The number of aliphatic hydroxyl groups excluding tert-OH is 1. The SMILES string of the molecule is COc1cc(/C=C/C(=O)C(O)C(=O)C=Cc2ccccc2)ccc1O. The standard InChI is InChI=1S/C20H18O5/c1-25-19-13-15(8-10-16(19)21)9-12-18(23)20(24)17(22)11-7-14-5-3-2-4-6-14/h2-13,20-21,24H,1H3/b11-7?,12-9+. The van der Waals surface area contributed by atoms with E-state index in [0.717, 1.165) is 11.6 Å². The number of phenolic OH excluding ortho intramolecular Hbond substituents is 1. The summed E-state index contributed by atoms with van der Waals surface area (Å²) >= 11 is 0. The highest BCUT2D eigenvalue weighted by atomic mass is 16.5. The second-order valence-corrected chi connectivity index (χ2v) is 5.22. The number of benzene rings is 2. The molecule has 5 nitrogen and oxygen atoms in total. The molecule has 0 saturated carbocycles. The van der Waals surface area contributed by atoms with Crippen LogP contribution < -0.4 is 4.74 Å². The average molecular weight is 338 g/mol. The molecule has 25 heavy (non-hydrogen) atoms. The van der Waals surface area contributed by atoms with Crippen LogP contribution >= 0.6 is 0 Å². The molecule has 128 valence electrons. The lowest BCUT2D eigenvalue weighted by Crippen LogP contribution is -2.26. The van der Waals surface area contributed by atoms with Crippen LogP contribution in [0.15, 0.2) is 60.7 Å². The molecule has 0 saturated heterocycles. The van der Waals surface area contributed by atoms with Gasteiger partial charge in [-0.05, 0) is 35.4 Å². The number of aromatic hydroxyl groups is 1. The summed E-state index contributed by atoms with van der Waals surface area (Å²) in [6.07, 6.45) is 3.50. The van der Waals surface area contributed by atoms with Crippen LogP contribution in [0.1, 0.15) is 11.1 Å². The fraction of sp³-hybridized carbons (Fsp3) is 0.100. The Labute approximate surface area is 145 Å². The zero-order chi connectivity index (χ0) is 18.2. The second kappa shape index (κ2) is 8.61. The minimum atomic E-state index is -1.75. The molecule has 0 aliphatic heterocycles. The van der Waals surface area contributed by atoms with Crippen molar-refractivity contribution in [2.45, 2.75) is 6.10 Å². The smallest absolute Gasteiger partial charge is 0.192 e. The van der Waals surface area contributed by atoms with Crippen LogP contribution in [0.2, 0.25) is 0 Å². The molecular weight excluding hydrogens is 320 g/mol. The normalized spacial score (nSPS) is 12.4. The largest absolute Gasteiger partial charge is 0.504 e. The molecule has 2 aromatic carbocycles. The fourth-order valence-electron chi connectivity index (χ4n) is 2.04. The summed E-state index contributed by atoms with van der Waals surface area (Å²) in [5, 5.41) is 19.3. The Morgan fingerprint density at radius 2 is 1.56 bits per heavy atom. The number of methoxy groups -OCH3 is 1. The molecule has 0 fully saturated rings. The molecule has 0 aliphatic carbocycles. The van der Waals surface area contributed by atoms with Gasteiger partial charge < -0.3 is 14.9 Å². The van der Waals surface area contributed by atoms with Crippen LogP contribution in [0.25, 0.3) is 12.2 Å². The predicted octanol–water partition coefficient (Wildman–Crippen LogP) is 2.63. The van der Waals surface area contributed by atoms with Crippen molar-refractivity contribution in [2.75, 3.05) is 7.11 Å². The monoisotopic (exact) mass is 338 g/mol. The van der Waals surface area contributed by atoms with Crippen LogP contribution in [0, 0.1) is 0 Å². The van der Waals surface area contributed by atoms with Gasteiger partial charge >= 0.3 is 0 Å². The third-order valence-corrected chi connectivity index (χ3v) is 3.42.